The monoisotopic (exact) mass is 396 g/mol. The second-order valence-corrected chi connectivity index (χ2v) is 7.34. The van der Waals surface area contributed by atoms with Gasteiger partial charge in [-0.3, -0.25) is 19.6 Å². The molecule has 2 amide bonds. The molecule has 0 N–H and O–H groups in total. The summed E-state index contributed by atoms with van der Waals surface area (Å²) in [7, 11) is 0. The number of nitrogens with zero attached hydrogens (tertiary/aromatic N) is 6. The number of amides is 2. The summed E-state index contributed by atoms with van der Waals surface area (Å²) in [6, 6.07) is 5.27. The van der Waals surface area contributed by atoms with Crippen LogP contribution in [0.3, 0.4) is 0 Å². The highest BCUT2D eigenvalue weighted by Crippen LogP contribution is 2.17. The highest BCUT2D eigenvalue weighted by molar-refractivity contribution is 6.18. The van der Waals surface area contributed by atoms with Gasteiger partial charge >= 0.3 is 0 Å². The summed E-state index contributed by atoms with van der Waals surface area (Å²) in [5.41, 5.74) is 2.16. The fraction of sp³-hybridized carbons (Fsp3) is 0.400. The highest BCUT2D eigenvalue weighted by Gasteiger charge is 2.33. The molecular formula is C20H21FN6O2. The predicted octanol–water partition coefficient (Wildman–Crippen LogP) is 1.72. The van der Waals surface area contributed by atoms with Crippen molar-refractivity contribution in [2.24, 2.45) is 15.9 Å². The van der Waals surface area contributed by atoms with Crippen LogP contribution in [0.1, 0.15) is 24.2 Å². The number of fused-ring (bicyclic) bond motifs is 1. The Morgan fingerprint density at radius 1 is 1.07 bits per heavy atom. The maximum absolute atomic E-state index is 14.0. The van der Waals surface area contributed by atoms with Crippen LogP contribution in [-0.2, 0) is 4.79 Å². The Balaban J connectivity index is 1.45. The molecule has 1 atom stereocenters. The smallest absolute Gasteiger partial charge is 0.289 e. The van der Waals surface area contributed by atoms with E-state index in [1.807, 2.05) is 4.90 Å². The summed E-state index contributed by atoms with van der Waals surface area (Å²) in [5.74, 6) is -0.845. The zero-order chi connectivity index (χ0) is 20.5. The Bertz CT molecular complexity index is 1030. The molecule has 150 valence electrons. The minimum atomic E-state index is -1.77. The summed E-state index contributed by atoms with van der Waals surface area (Å²) in [5, 5.41) is 0. The predicted molar refractivity (Wildman–Crippen MR) is 107 cm³/mol. The zero-order valence-electron chi connectivity index (χ0n) is 16.2. The number of carbonyl (C=O) groups is 2. The molecule has 2 aromatic rings. The van der Waals surface area contributed by atoms with Crippen molar-refractivity contribution in [2.75, 3.05) is 26.2 Å². The number of carbonyl (C=O) groups excluding carboxylic acids is 2. The number of halogens is 1. The van der Waals surface area contributed by atoms with E-state index in [2.05, 4.69) is 20.0 Å². The average Bonchev–Trinajstić information content (AvgIpc) is 2.74. The van der Waals surface area contributed by atoms with Crippen molar-refractivity contribution in [3.05, 3.63) is 36.2 Å². The number of hydrogen-bond donors (Lipinski definition) is 0. The minimum absolute atomic E-state index is 0.0888. The van der Waals surface area contributed by atoms with Gasteiger partial charge in [-0.05, 0) is 24.1 Å². The number of rotatable bonds is 2. The lowest BCUT2D eigenvalue weighted by Gasteiger charge is -2.36. The van der Waals surface area contributed by atoms with Gasteiger partial charge in [-0.2, -0.15) is 4.99 Å². The fourth-order valence-electron chi connectivity index (χ4n) is 3.43. The van der Waals surface area contributed by atoms with Gasteiger partial charge in [0, 0.05) is 44.1 Å². The van der Waals surface area contributed by atoms with Crippen molar-refractivity contribution < 1.29 is 14.0 Å². The van der Waals surface area contributed by atoms with E-state index in [-0.39, 0.29) is 23.5 Å². The number of benzene rings is 1. The number of piperazine rings is 1. The molecule has 1 unspecified atom stereocenters. The molecule has 0 bridgehead atoms. The van der Waals surface area contributed by atoms with Gasteiger partial charge in [0.1, 0.15) is 0 Å². The first-order chi connectivity index (χ1) is 13.9. The molecule has 1 aromatic heterocycles. The Labute approximate surface area is 167 Å². The first-order valence-corrected chi connectivity index (χ1v) is 9.54. The Kier molecular flexibility index (Phi) is 5.04. The SMILES string of the molecule is CC(C)C1=NC(N2CCN(C(=O)c3ccc4nccnc4c3)CC2)=NC(=O)C1F. The first-order valence-electron chi connectivity index (χ1n) is 9.54. The normalized spacial score (nSPS) is 20.1. The molecule has 3 heterocycles. The molecule has 0 radical (unpaired) electrons. The quantitative estimate of drug-likeness (QED) is 0.771. The van der Waals surface area contributed by atoms with Gasteiger partial charge in [-0.1, -0.05) is 13.8 Å². The third kappa shape index (κ3) is 3.72. The molecule has 9 heteroatoms. The minimum Gasteiger partial charge on any atom is -0.337 e. The lowest BCUT2D eigenvalue weighted by atomic mass is 10.0. The zero-order valence-corrected chi connectivity index (χ0v) is 16.2. The van der Waals surface area contributed by atoms with Crippen LogP contribution in [0.15, 0.2) is 40.6 Å². The number of aliphatic imine (C=N–C) groups is 2. The molecule has 0 spiro atoms. The second kappa shape index (κ2) is 7.65. The molecule has 1 aromatic carbocycles. The van der Waals surface area contributed by atoms with Crippen LogP contribution in [0.4, 0.5) is 4.39 Å². The Hall–Kier alpha value is -3.23. The summed E-state index contributed by atoms with van der Waals surface area (Å²) in [6.45, 7) is 5.44. The van der Waals surface area contributed by atoms with Crippen LogP contribution in [0, 0.1) is 5.92 Å². The van der Waals surface area contributed by atoms with Crippen molar-refractivity contribution in [1.82, 2.24) is 19.8 Å². The van der Waals surface area contributed by atoms with Crippen LogP contribution in [0.25, 0.3) is 11.0 Å². The van der Waals surface area contributed by atoms with Crippen LogP contribution in [0.2, 0.25) is 0 Å². The first kappa shape index (κ1) is 19.1. The van der Waals surface area contributed by atoms with E-state index >= 15 is 0 Å². The van der Waals surface area contributed by atoms with Gasteiger partial charge in [0.05, 0.1) is 16.7 Å². The van der Waals surface area contributed by atoms with Crippen LogP contribution in [0.5, 0.6) is 0 Å². The molecule has 2 aliphatic rings. The van der Waals surface area contributed by atoms with Crippen LogP contribution < -0.4 is 0 Å². The van der Waals surface area contributed by atoms with E-state index in [0.29, 0.717) is 37.3 Å². The fourth-order valence-corrected chi connectivity index (χ4v) is 3.43. The molecule has 2 aliphatic heterocycles. The molecule has 4 rings (SSSR count). The van der Waals surface area contributed by atoms with Gasteiger partial charge in [0.15, 0.2) is 0 Å². The number of hydrogen-bond acceptors (Lipinski definition) is 6. The van der Waals surface area contributed by atoms with Gasteiger partial charge in [0.2, 0.25) is 12.1 Å². The highest BCUT2D eigenvalue weighted by atomic mass is 19.1. The Morgan fingerprint density at radius 2 is 1.76 bits per heavy atom. The van der Waals surface area contributed by atoms with Gasteiger partial charge in [0.25, 0.3) is 11.8 Å². The molecule has 0 aliphatic carbocycles. The maximum atomic E-state index is 14.0. The molecule has 0 saturated carbocycles. The van der Waals surface area contributed by atoms with Crippen molar-refractivity contribution in [3.8, 4) is 0 Å². The van der Waals surface area contributed by atoms with E-state index in [4.69, 9.17) is 0 Å². The molecule has 1 saturated heterocycles. The summed E-state index contributed by atoms with van der Waals surface area (Å²) < 4.78 is 14.0. The Morgan fingerprint density at radius 3 is 2.45 bits per heavy atom. The van der Waals surface area contributed by atoms with Crippen LogP contribution in [-0.4, -0.2) is 75.6 Å². The molecule has 8 nitrogen and oxygen atoms in total. The third-order valence-electron chi connectivity index (χ3n) is 5.07. The average molecular weight is 396 g/mol. The number of alkyl halides is 1. The van der Waals surface area contributed by atoms with Gasteiger partial charge in [-0.15, -0.1) is 0 Å². The topological polar surface area (TPSA) is 91.1 Å². The van der Waals surface area contributed by atoms with E-state index < -0.39 is 12.1 Å². The van der Waals surface area contributed by atoms with Crippen molar-refractivity contribution in [2.45, 2.75) is 20.0 Å². The standard InChI is InChI=1S/C20H21FN6O2/c1-12(2)17-16(21)18(28)25-20(24-17)27-9-7-26(8-10-27)19(29)13-3-4-14-15(11-13)23-6-5-22-14/h3-6,11-12,16H,7-10H2,1-2H3. The van der Waals surface area contributed by atoms with E-state index in [0.717, 1.165) is 5.52 Å². The number of guanidine groups is 1. The van der Waals surface area contributed by atoms with E-state index in [1.54, 1.807) is 49.3 Å². The summed E-state index contributed by atoms with van der Waals surface area (Å²) in [6.07, 6.45) is 1.44. The van der Waals surface area contributed by atoms with Gasteiger partial charge < -0.3 is 9.80 Å². The van der Waals surface area contributed by atoms with Crippen molar-refractivity contribution in [1.29, 1.82) is 0 Å². The van der Waals surface area contributed by atoms with Crippen molar-refractivity contribution in [3.63, 3.8) is 0 Å². The molecular weight excluding hydrogens is 375 g/mol. The largest absolute Gasteiger partial charge is 0.337 e. The van der Waals surface area contributed by atoms with Crippen molar-refractivity contribution >= 4 is 34.5 Å². The van der Waals surface area contributed by atoms with E-state index in [9.17, 15) is 14.0 Å². The van der Waals surface area contributed by atoms with Gasteiger partial charge in [-0.25, -0.2) is 9.38 Å². The number of aromatic nitrogens is 2. The third-order valence-corrected chi connectivity index (χ3v) is 5.07. The lowest BCUT2D eigenvalue weighted by Crippen LogP contribution is -2.51. The maximum Gasteiger partial charge on any atom is 0.289 e. The second-order valence-electron chi connectivity index (χ2n) is 7.34. The van der Waals surface area contributed by atoms with Crippen LogP contribution >= 0.6 is 0 Å². The lowest BCUT2D eigenvalue weighted by molar-refractivity contribution is -0.120. The van der Waals surface area contributed by atoms with E-state index in [1.165, 1.54) is 0 Å². The summed E-state index contributed by atoms with van der Waals surface area (Å²) >= 11 is 0. The molecule has 1 fully saturated rings. The summed E-state index contributed by atoms with van der Waals surface area (Å²) in [4.78, 5) is 44.8. The molecule has 29 heavy (non-hydrogen) atoms.